The quantitative estimate of drug-likeness (QED) is 0.740. The first-order valence-corrected chi connectivity index (χ1v) is 4.18. The van der Waals surface area contributed by atoms with Gasteiger partial charge in [-0.15, -0.1) is 0 Å². The largest absolute Gasteiger partial charge is 0.490 e. The minimum Gasteiger partial charge on any atom is -0.490 e. The van der Waals surface area contributed by atoms with Gasteiger partial charge in [-0.1, -0.05) is 11.6 Å². The minimum absolute atomic E-state index is 0.440. The Hall–Kier alpha value is -1.46. The number of halogens is 1. The van der Waals surface area contributed by atoms with Gasteiger partial charge >= 0.3 is 0 Å². The van der Waals surface area contributed by atoms with Crippen molar-refractivity contribution in [2.45, 2.75) is 0 Å². The van der Waals surface area contributed by atoms with E-state index in [2.05, 4.69) is 0 Å². The Balaban J connectivity index is 2.55. The van der Waals surface area contributed by atoms with Crippen molar-refractivity contribution in [2.75, 3.05) is 6.61 Å². The van der Waals surface area contributed by atoms with Gasteiger partial charge in [0.05, 0.1) is 11.6 Å². The molecule has 0 saturated heterocycles. The molecule has 1 rings (SSSR count). The number of rotatable bonds is 3. The fraction of sp³-hybridized carbons (Fsp3) is 0.100. The number of nitriles is 1. The molecular formula is C10H8ClNO. The van der Waals surface area contributed by atoms with Crippen LogP contribution in [0.1, 0.15) is 5.56 Å². The minimum atomic E-state index is 0.440. The summed E-state index contributed by atoms with van der Waals surface area (Å²) in [4.78, 5) is 0. The van der Waals surface area contributed by atoms with Gasteiger partial charge in [0.1, 0.15) is 12.4 Å². The maximum absolute atomic E-state index is 8.52. The molecule has 0 heterocycles. The zero-order valence-corrected chi connectivity index (χ0v) is 7.66. The van der Waals surface area contributed by atoms with Crippen LogP contribution in [-0.4, -0.2) is 6.61 Å². The summed E-state index contributed by atoms with van der Waals surface area (Å²) in [5, 5.41) is 8.52. The van der Waals surface area contributed by atoms with Gasteiger partial charge in [-0.2, -0.15) is 5.26 Å². The van der Waals surface area contributed by atoms with Gasteiger partial charge in [0.2, 0.25) is 0 Å². The molecule has 0 aliphatic heterocycles. The summed E-state index contributed by atoms with van der Waals surface area (Å²) >= 11 is 5.31. The smallest absolute Gasteiger partial charge is 0.119 e. The van der Waals surface area contributed by atoms with E-state index in [1.54, 1.807) is 30.3 Å². The van der Waals surface area contributed by atoms with Crippen molar-refractivity contribution in [2.24, 2.45) is 0 Å². The van der Waals surface area contributed by atoms with Gasteiger partial charge in [0.25, 0.3) is 0 Å². The van der Waals surface area contributed by atoms with Crippen molar-refractivity contribution >= 4 is 11.6 Å². The van der Waals surface area contributed by atoms with Crippen LogP contribution in [-0.2, 0) is 0 Å². The van der Waals surface area contributed by atoms with Crippen LogP contribution in [0.2, 0.25) is 0 Å². The summed E-state index contributed by atoms with van der Waals surface area (Å²) in [5.41, 5.74) is 2.03. The summed E-state index contributed by atoms with van der Waals surface area (Å²) in [7, 11) is 0. The van der Waals surface area contributed by atoms with Crippen LogP contribution < -0.4 is 4.74 Å². The normalized spacial score (nSPS) is 9.85. The van der Waals surface area contributed by atoms with E-state index in [0.29, 0.717) is 12.2 Å². The molecule has 0 fully saturated rings. The van der Waals surface area contributed by atoms with Crippen LogP contribution in [0.4, 0.5) is 0 Å². The first kappa shape index (κ1) is 9.63. The summed E-state index contributed by atoms with van der Waals surface area (Å²) in [6.45, 7) is 0.440. The Labute approximate surface area is 82.0 Å². The maximum Gasteiger partial charge on any atom is 0.119 e. The predicted molar refractivity (Wildman–Crippen MR) is 51.6 cm³/mol. The average Bonchev–Trinajstić information content (AvgIpc) is 2.19. The molecule has 0 aromatic heterocycles. The topological polar surface area (TPSA) is 33.0 Å². The molecule has 1 aromatic carbocycles. The number of nitrogens with zero attached hydrogens (tertiary/aromatic N) is 1. The lowest BCUT2D eigenvalue weighted by atomic mass is 10.2. The molecule has 1 aromatic rings. The lowest BCUT2D eigenvalue weighted by molar-refractivity contribution is 0.363. The van der Waals surface area contributed by atoms with E-state index >= 15 is 0 Å². The molecule has 0 bridgehead atoms. The fourth-order valence-electron chi connectivity index (χ4n) is 0.806. The van der Waals surface area contributed by atoms with E-state index in [9.17, 15) is 0 Å². The Morgan fingerprint density at radius 1 is 1.38 bits per heavy atom. The van der Waals surface area contributed by atoms with Crippen molar-refractivity contribution in [1.29, 1.82) is 5.26 Å². The van der Waals surface area contributed by atoms with Gasteiger partial charge in [-0.3, -0.25) is 0 Å². The van der Waals surface area contributed by atoms with Crippen molar-refractivity contribution in [3.05, 3.63) is 41.4 Å². The number of hydrogen-bond acceptors (Lipinski definition) is 2. The molecule has 0 saturated carbocycles. The zero-order valence-electron chi connectivity index (χ0n) is 6.90. The van der Waals surface area contributed by atoms with Crippen LogP contribution in [0, 0.1) is 11.3 Å². The van der Waals surface area contributed by atoms with Gasteiger partial charge in [-0.25, -0.2) is 0 Å². The highest BCUT2D eigenvalue weighted by molar-refractivity contribution is 6.25. The van der Waals surface area contributed by atoms with E-state index < -0.39 is 0 Å². The van der Waals surface area contributed by atoms with Crippen LogP contribution in [0.3, 0.4) is 0 Å². The number of hydrogen-bond donors (Lipinski definition) is 0. The Morgan fingerprint density at radius 3 is 2.62 bits per heavy atom. The Morgan fingerprint density at radius 2 is 2.08 bits per heavy atom. The van der Waals surface area contributed by atoms with Crippen molar-refractivity contribution in [3.63, 3.8) is 0 Å². The monoisotopic (exact) mass is 193 g/mol. The second kappa shape index (κ2) is 5.23. The number of ether oxygens (including phenoxy) is 1. The SMILES string of the molecule is N#Cc1ccc(OCC=CCl)cc1. The van der Waals surface area contributed by atoms with Crippen LogP contribution in [0.5, 0.6) is 5.75 Å². The molecule has 2 nitrogen and oxygen atoms in total. The van der Waals surface area contributed by atoms with E-state index in [0.717, 1.165) is 5.75 Å². The third-order valence-electron chi connectivity index (χ3n) is 1.42. The Kier molecular flexibility index (Phi) is 3.87. The molecule has 0 atom stereocenters. The molecule has 0 amide bonds. The summed E-state index contributed by atoms with van der Waals surface area (Å²) in [5.74, 6) is 0.730. The average molecular weight is 194 g/mol. The Bertz CT molecular complexity index is 324. The highest BCUT2D eigenvalue weighted by Gasteiger charge is 1.91. The molecule has 0 aliphatic carbocycles. The highest BCUT2D eigenvalue weighted by Crippen LogP contribution is 2.11. The lowest BCUT2D eigenvalue weighted by Gasteiger charge is -2.01. The molecule has 3 heteroatoms. The summed E-state index contributed by atoms with van der Waals surface area (Å²) < 4.78 is 5.27. The standard InChI is InChI=1S/C10H8ClNO/c11-6-1-7-13-10-4-2-9(8-12)3-5-10/h1-6H,7H2. The highest BCUT2D eigenvalue weighted by atomic mass is 35.5. The van der Waals surface area contributed by atoms with Gasteiger partial charge in [0, 0.05) is 5.54 Å². The molecule has 13 heavy (non-hydrogen) atoms. The van der Waals surface area contributed by atoms with Crippen LogP contribution in [0.25, 0.3) is 0 Å². The van der Waals surface area contributed by atoms with E-state index in [4.69, 9.17) is 21.6 Å². The fourth-order valence-corrected chi connectivity index (χ4v) is 0.879. The second-order valence-corrected chi connectivity index (χ2v) is 2.56. The van der Waals surface area contributed by atoms with Gasteiger partial charge < -0.3 is 4.74 Å². The first-order valence-electron chi connectivity index (χ1n) is 3.75. The van der Waals surface area contributed by atoms with Crippen LogP contribution >= 0.6 is 11.6 Å². The predicted octanol–water partition coefficient (Wildman–Crippen LogP) is 2.69. The molecular weight excluding hydrogens is 186 g/mol. The number of benzene rings is 1. The summed E-state index contributed by atoms with van der Waals surface area (Å²) in [6.07, 6.45) is 1.69. The maximum atomic E-state index is 8.52. The van der Waals surface area contributed by atoms with E-state index in [1.807, 2.05) is 6.07 Å². The molecule has 0 unspecified atom stereocenters. The van der Waals surface area contributed by atoms with E-state index in [1.165, 1.54) is 5.54 Å². The lowest BCUT2D eigenvalue weighted by Crippen LogP contribution is -1.92. The summed E-state index contributed by atoms with van der Waals surface area (Å²) in [6, 6.07) is 8.95. The van der Waals surface area contributed by atoms with Gasteiger partial charge in [-0.05, 0) is 30.3 Å². The van der Waals surface area contributed by atoms with E-state index in [-0.39, 0.29) is 0 Å². The van der Waals surface area contributed by atoms with Crippen molar-refractivity contribution < 1.29 is 4.74 Å². The third-order valence-corrected chi connectivity index (χ3v) is 1.60. The second-order valence-electron chi connectivity index (χ2n) is 2.31. The molecule has 66 valence electrons. The molecule has 0 N–H and O–H groups in total. The van der Waals surface area contributed by atoms with Crippen molar-refractivity contribution in [1.82, 2.24) is 0 Å². The third kappa shape index (κ3) is 3.18. The van der Waals surface area contributed by atoms with Crippen LogP contribution in [0.15, 0.2) is 35.9 Å². The van der Waals surface area contributed by atoms with Crippen molar-refractivity contribution in [3.8, 4) is 11.8 Å². The molecule has 0 spiro atoms. The zero-order chi connectivity index (χ0) is 9.52. The van der Waals surface area contributed by atoms with Gasteiger partial charge in [0.15, 0.2) is 0 Å². The molecule has 0 radical (unpaired) electrons. The first-order chi connectivity index (χ1) is 6.36. The molecule has 0 aliphatic rings.